The Morgan fingerprint density at radius 2 is 1.77 bits per heavy atom. The molecule has 0 saturated carbocycles. The first-order valence-corrected chi connectivity index (χ1v) is 10.8. The van der Waals surface area contributed by atoms with Gasteiger partial charge in [0.05, 0.1) is 12.7 Å². The lowest BCUT2D eigenvalue weighted by Crippen LogP contribution is -2.34. The molecule has 6 nitrogen and oxygen atoms in total. The van der Waals surface area contributed by atoms with Crippen molar-refractivity contribution in [1.82, 2.24) is 25.2 Å². The summed E-state index contributed by atoms with van der Waals surface area (Å²) in [6, 6.07) is 21.0. The summed E-state index contributed by atoms with van der Waals surface area (Å²) < 4.78 is 1.82. The molecular formula is C24H29N5O. The van der Waals surface area contributed by atoms with Gasteiger partial charge >= 0.3 is 0 Å². The fourth-order valence-corrected chi connectivity index (χ4v) is 4.10. The Morgan fingerprint density at radius 3 is 2.53 bits per heavy atom. The predicted octanol–water partition coefficient (Wildman–Crippen LogP) is 3.31. The van der Waals surface area contributed by atoms with Gasteiger partial charge in [-0.3, -0.25) is 14.4 Å². The van der Waals surface area contributed by atoms with E-state index in [0.29, 0.717) is 18.3 Å². The highest BCUT2D eigenvalue weighted by Gasteiger charge is 2.25. The highest BCUT2D eigenvalue weighted by atomic mass is 16.2. The minimum Gasteiger partial charge on any atom is -0.347 e. The van der Waals surface area contributed by atoms with Crippen LogP contribution in [0.1, 0.15) is 40.9 Å². The van der Waals surface area contributed by atoms with Gasteiger partial charge in [-0.05, 0) is 49.9 Å². The third kappa shape index (κ3) is 5.54. The Bertz CT molecular complexity index is 925. The molecule has 4 rings (SSSR count). The molecule has 0 radical (unpaired) electrons. The third-order valence-corrected chi connectivity index (χ3v) is 5.72. The zero-order chi connectivity index (χ0) is 20.6. The molecule has 1 atom stereocenters. The standard InChI is InChI=1S/C24H29N5O/c30-24(25-17-21-11-5-2-6-12-21)23-19-29(27-26-23)18-22-14-8-16-28(22)15-7-13-20-9-3-1-4-10-20/h1-6,9-12,19,22H,7-8,13-18H2,(H,25,30). The van der Waals surface area contributed by atoms with E-state index < -0.39 is 0 Å². The molecule has 3 aromatic rings. The van der Waals surface area contributed by atoms with Crippen molar-refractivity contribution in [2.45, 2.75) is 44.8 Å². The smallest absolute Gasteiger partial charge is 0.273 e. The monoisotopic (exact) mass is 403 g/mol. The molecule has 0 spiro atoms. The molecule has 1 unspecified atom stereocenters. The minimum atomic E-state index is -0.184. The molecule has 6 heteroatoms. The van der Waals surface area contributed by atoms with Gasteiger partial charge in [0, 0.05) is 12.6 Å². The van der Waals surface area contributed by atoms with Crippen molar-refractivity contribution < 1.29 is 4.79 Å². The number of nitrogens with one attached hydrogen (secondary N) is 1. The van der Waals surface area contributed by atoms with E-state index in [4.69, 9.17) is 0 Å². The number of carbonyl (C=O) groups is 1. The lowest BCUT2D eigenvalue weighted by molar-refractivity contribution is 0.0946. The lowest BCUT2D eigenvalue weighted by Gasteiger charge is -2.24. The molecule has 1 amide bonds. The average molecular weight is 404 g/mol. The molecule has 1 aromatic heterocycles. The number of nitrogens with zero attached hydrogens (tertiary/aromatic N) is 4. The first kappa shape index (κ1) is 20.3. The zero-order valence-corrected chi connectivity index (χ0v) is 17.3. The largest absolute Gasteiger partial charge is 0.347 e. The van der Waals surface area contributed by atoms with Crippen LogP contribution in [0.15, 0.2) is 66.9 Å². The normalized spacial score (nSPS) is 16.6. The minimum absolute atomic E-state index is 0.184. The number of likely N-dealkylation sites (tertiary alicyclic amines) is 1. The summed E-state index contributed by atoms with van der Waals surface area (Å²) in [5.74, 6) is -0.184. The van der Waals surface area contributed by atoms with Crippen LogP contribution in [0.4, 0.5) is 0 Å². The van der Waals surface area contributed by atoms with Crippen molar-refractivity contribution in [3.05, 3.63) is 83.7 Å². The highest BCUT2D eigenvalue weighted by molar-refractivity contribution is 5.91. The second kappa shape index (κ2) is 10.2. The average Bonchev–Trinajstić information content (AvgIpc) is 3.44. The SMILES string of the molecule is O=C(NCc1ccccc1)c1cn(CC2CCCN2CCCc2ccccc2)nn1. The van der Waals surface area contributed by atoms with Crippen LogP contribution in [-0.4, -0.2) is 44.9 Å². The Labute approximate surface area is 177 Å². The van der Waals surface area contributed by atoms with E-state index >= 15 is 0 Å². The van der Waals surface area contributed by atoms with E-state index in [0.717, 1.165) is 38.0 Å². The Morgan fingerprint density at radius 1 is 1.03 bits per heavy atom. The molecule has 0 aliphatic carbocycles. The fraction of sp³-hybridized carbons (Fsp3) is 0.375. The Hall–Kier alpha value is -2.99. The number of benzene rings is 2. The maximum atomic E-state index is 12.4. The van der Waals surface area contributed by atoms with Gasteiger partial charge in [-0.25, -0.2) is 0 Å². The van der Waals surface area contributed by atoms with Gasteiger partial charge in [0.1, 0.15) is 0 Å². The molecule has 2 heterocycles. The fourth-order valence-electron chi connectivity index (χ4n) is 4.10. The molecule has 30 heavy (non-hydrogen) atoms. The summed E-state index contributed by atoms with van der Waals surface area (Å²) in [7, 11) is 0. The van der Waals surface area contributed by atoms with Crippen molar-refractivity contribution in [3.8, 4) is 0 Å². The molecule has 156 valence electrons. The van der Waals surface area contributed by atoms with Crippen molar-refractivity contribution in [3.63, 3.8) is 0 Å². The van der Waals surface area contributed by atoms with Gasteiger partial charge in [0.2, 0.25) is 0 Å². The van der Waals surface area contributed by atoms with Crippen molar-refractivity contribution >= 4 is 5.91 Å². The van der Waals surface area contributed by atoms with Crippen LogP contribution < -0.4 is 5.32 Å². The summed E-state index contributed by atoms with van der Waals surface area (Å²) in [4.78, 5) is 14.9. The van der Waals surface area contributed by atoms with E-state index in [-0.39, 0.29) is 5.91 Å². The first-order chi connectivity index (χ1) is 14.8. The zero-order valence-electron chi connectivity index (χ0n) is 17.3. The van der Waals surface area contributed by atoms with Gasteiger partial charge in [-0.15, -0.1) is 5.10 Å². The number of rotatable bonds is 9. The second-order valence-electron chi connectivity index (χ2n) is 7.92. The van der Waals surface area contributed by atoms with Crippen LogP contribution in [0.5, 0.6) is 0 Å². The van der Waals surface area contributed by atoms with E-state index in [1.165, 1.54) is 18.4 Å². The van der Waals surface area contributed by atoms with Gasteiger partial charge < -0.3 is 5.32 Å². The number of aromatic nitrogens is 3. The first-order valence-electron chi connectivity index (χ1n) is 10.8. The molecule has 2 aromatic carbocycles. The lowest BCUT2D eigenvalue weighted by atomic mass is 10.1. The molecule has 1 aliphatic heterocycles. The summed E-state index contributed by atoms with van der Waals surface area (Å²) in [6.07, 6.45) is 6.42. The summed E-state index contributed by atoms with van der Waals surface area (Å²) >= 11 is 0. The van der Waals surface area contributed by atoms with Crippen LogP contribution >= 0.6 is 0 Å². The van der Waals surface area contributed by atoms with Crippen LogP contribution in [0, 0.1) is 0 Å². The summed E-state index contributed by atoms with van der Waals surface area (Å²) in [5, 5.41) is 11.2. The van der Waals surface area contributed by atoms with Crippen molar-refractivity contribution in [1.29, 1.82) is 0 Å². The summed E-state index contributed by atoms with van der Waals surface area (Å²) in [6.45, 7) is 3.51. The maximum Gasteiger partial charge on any atom is 0.273 e. The van der Waals surface area contributed by atoms with E-state index in [1.807, 2.05) is 35.0 Å². The maximum absolute atomic E-state index is 12.4. The second-order valence-corrected chi connectivity index (χ2v) is 7.92. The van der Waals surface area contributed by atoms with Gasteiger partial charge in [0.15, 0.2) is 5.69 Å². The molecule has 1 N–H and O–H groups in total. The number of hydrogen-bond donors (Lipinski definition) is 1. The summed E-state index contributed by atoms with van der Waals surface area (Å²) in [5.41, 5.74) is 2.84. The topological polar surface area (TPSA) is 63.1 Å². The van der Waals surface area contributed by atoms with E-state index in [9.17, 15) is 4.79 Å². The molecule has 1 saturated heterocycles. The van der Waals surface area contributed by atoms with Gasteiger partial charge in [0.25, 0.3) is 5.91 Å². The Balaban J connectivity index is 1.25. The van der Waals surface area contributed by atoms with Crippen LogP contribution in [0.2, 0.25) is 0 Å². The molecule has 1 fully saturated rings. The molecule has 0 bridgehead atoms. The Kier molecular flexibility index (Phi) is 6.87. The number of carbonyl (C=O) groups excluding carboxylic acids is 1. The van der Waals surface area contributed by atoms with Crippen molar-refractivity contribution in [2.24, 2.45) is 0 Å². The number of amides is 1. The number of aryl methyl sites for hydroxylation is 1. The predicted molar refractivity (Wildman–Crippen MR) is 117 cm³/mol. The van der Waals surface area contributed by atoms with Crippen molar-refractivity contribution in [2.75, 3.05) is 13.1 Å². The van der Waals surface area contributed by atoms with Crippen LogP contribution in [0.25, 0.3) is 0 Å². The van der Waals surface area contributed by atoms with Crippen LogP contribution in [-0.2, 0) is 19.5 Å². The van der Waals surface area contributed by atoms with Crippen LogP contribution in [0.3, 0.4) is 0 Å². The van der Waals surface area contributed by atoms with Gasteiger partial charge in [-0.1, -0.05) is 65.9 Å². The number of hydrogen-bond acceptors (Lipinski definition) is 4. The molecule has 1 aliphatic rings. The quantitative estimate of drug-likeness (QED) is 0.595. The molecular weight excluding hydrogens is 374 g/mol. The highest BCUT2D eigenvalue weighted by Crippen LogP contribution is 2.19. The van der Waals surface area contributed by atoms with Gasteiger partial charge in [-0.2, -0.15) is 0 Å². The van der Waals surface area contributed by atoms with E-state index in [1.54, 1.807) is 6.20 Å². The third-order valence-electron chi connectivity index (χ3n) is 5.72. The van der Waals surface area contributed by atoms with E-state index in [2.05, 4.69) is 50.9 Å².